The largest absolute Gasteiger partial charge is 0.487 e. The van der Waals surface area contributed by atoms with Crippen LogP contribution in [0.5, 0.6) is 17.2 Å². The van der Waals surface area contributed by atoms with E-state index in [0.717, 1.165) is 28.3 Å². The van der Waals surface area contributed by atoms with Crippen LogP contribution in [0.25, 0.3) is 0 Å². The zero-order chi connectivity index (χ0) is 21.5. The Hall–Kier alpha value is -3.14. The van der Waals surface area contributed by atoms with Crippen LogP contribution in [-0.4, -0.2) is 0 Å². The molecule has 5 heteroatoms. The fraction of sp³-hybridized carbons (Fsp3) is 0.0769. The molecule has 0 bridgehead atoms. The van der Waals surface area contributed by atoms with Gasteiger partial charge in [-0.3, -0.25) is 0 Å². The Balaban J connectivity index is 1.30. The molecule has 0 spiro atoms. The first-order chi connectivity index (χ1) is 15.2. The van der Waals surface area contributed by atoms with Crippen molar-refractivity contribution in [1.29, 1.82) is 0 Å². The van der Waals surface area contributed by atoms with Gasteiger partial charge in [0.25, 0.3) is 0 Å². The number of para-hydroxylation sites is 1. The van der Waals surface area contributed by atoms with Crippen LogP contribution in [0.2, 0.25) is 10.0 Å². The summed E-state index contributed by atoms with van der Waals surface area (Å²) in [7, 11) is 0. The van der Waals surface area contributed by atoms with Gasteiger partial charge in [0.05, 0.1) is 5.02 Å². The average Bonchev–Trinajstić information content (AvgIpc) is 2.80. The summed E-state index contributed by atoms with van der Waals surface area (Å²) in [6.45, 7) is 1.09. The Bertz CT molecular complexity index is 1110. The van der Waals surface area contributed by atoms with Crippen LogP contribution in [0.1, 0.15) is 11.1 Å². The fourth-order valence-electron chi connectivity index (χ4n) is 2.98. The Kier molecular flexibility index (Phi) is 6.98. The second kappa shape index (κ2) is 10.3. The van der Waals surface area contributed by atoms with E-state index < -0.39 is 0 Å². The van der Waals surface area contributed by atoms with Crippen LogP contribution >= 0.6 is 23.2 Å². The van der Waals surface area contributed by atoms with E-state index >= 15 is 0 Å². The topological polar surface area (TPSA) is 30.5 Å². The van der Waals surface area contributed by atoms with Gasteiger partial charge in [0.1, 0.15) is 23.9 Å². The predicted molar refractivity (Wildman–Crippen MR) is 128 cm³/mol. The zero-order valence-electron chi connectivity index (χ0n) is 16.7. The van der Waals surface area contributed by atoms with Crippen LogP contribution in [0.15, 0.2) is 97.1 Å². The summed E-state index contributed by atoms with van der Waals surface area (Å²) >= 11 is 12.3. The molecule has 0 saturated carbocycles. The number of hydrogen-bond donors (Lipinski definition) is 1. The van der Waals surface area contributed by atoms with Gasteiger partial charge in [-0.1, -0.05) is 59.6 Å². The van der Waals surface area contributed by atoms with Gasteiger partial charge < -0.3 is 14.8 Å². The molecule has 0 heterocycles. The molecule has 1 N–H and O–H groups in total. The molecule has 31 heavy (non-hydrogen) atoms. The summed E-state index contributed by atoms with van der Waals surface area (Å²) in [6.07, 6.45) is 0. The van der Waals surface area contributed by atoms with Crippen LogP contribution in [0.4, 0.5) is 5.69 Å². The van der Waals surface area contributed by atoms with E-state index in [1.165, 1.54) is 0 Å². The monoisotopic (exact) mass is 449 g/mol. The summed E-state index contributed by atoms with van der Waals surface area (Å²) in [4.78, 5) is 0. The van der Waals surface area contributed by atoms with Crippen LogP contribution < -0.4 is 14.8 Å². The van der Waals surface area contributed by atoms with Crippen molar-refractivity contribution in [2.75, 3.05) is 5.32 Å². The van der Waals surface area contributed by atoms with Gasteiger partial charge in [0.15, 0.2) is 0 Å². The third kappa shape index (κ3) is 6.17. The Morgan fingerprint density at radius 2 is 1.35 bits per heavy atom. The van der Waals surface area contributed by atoms with E-state index in [1.807, 2.05) is 97.1 Å². The summed E-state index contributed by atoms with van der Waals surface area (Å²) in [5, 5.41) is 4.68. The van der Waals surface area contributed by atoms with Crippen molar-refractivity contribution >= 4 is 28.9 Å². The molecule has 0 atom stereocenters. The zero-order valence-corrected chi connectivity index (χ0v) is 18.2. The number of halogens is 2. The molecule has 0 aliphatic rings. The average molecular weight is 450 g/mol. The lowest BCUT2D eigenvalue weighted by molar-refractivity contribution is 0.306. The predicted octanol–water partition coefficient (Wildman–Crippen LogP) is 7.98. The van der Waals surface area contributed by atoms with E-state index in [4.69, 9.17) is 32.7 Å². The Morgan fingerprint density at radius 1 is 0.677 bits per heavy atom. The maximum absolute atomic E-state index is 6.41. The lowest BCUT2D eigenvalue weighted by Crippen LogP contribution is -2.00. The van der Waals surface area contributed by atoms with Gasteiger partial charge in [-0.25, -0.2) is 0 Å². The molecule has 4 aromatic carbocycles. The maximum Gasteiger partial charge on any atom is 0.138 e. The highest BCUT2D eigenvalue weighted by Crippen LogP contribution is 2.27. The molecule has 156 valence electrons. The summed E-state index contributed by atoms with van der Waals surface area (Å²) in [5.41, 5.74) is 3.10. The second-order valence-corrected chi connectivity index (χ2v) is 7.82. The molecular weight excluding hydrogens is 429 g/mol. The summed E-state index contributed by atoms with van der Waals surface area (Å²) < 4.78 is 11.7. The first-order valence-corrected chi connectivity index (χ1v) is 10.6. The molecule has 3 nitrogen and oxygen atoms in total. The number of ether oxygens (including phenoxy) is 2. The van der Waals surface area contributed by atoms with E-state index in [0.29, 0.717) is 28.9 Å². The molecular formula is C26H21Cl2NO2. The number of rotatable bonds is 8. The highest BCUT2D eigenvalue weighted by molar-refractivity contribution is 6.32. The van der Waals surface area contributed by atoms with Crippen LogP contribution in [-0.2, 0) is 13.2 Å². The number of nitrogens with one attached hydrogen (secondary N) is 1. The van der Waals surface area contributed by atoms with Gasteiger partial charge in [-0.2, -0.15) is 0 Å². The molecule has 4 rings (SSSR count). The first-order valence-electron chi connectivity index (χ1n) is 9.88. The van der Waals surface area contributed by atoms with Crippen LogP contribution in [0, 0.1) is 0 Å². The second-order valence-electron chi connectivity index (χ2n) is 6.97. The van der Waals surface area contributed by atoms with E-state index in [9.17, 15) is 0 Å². The minimum absolute atomic E-state index is 0.436. The molecule has 4 aromatic rings. The fourth-order valence-corrected chi connectivity index (χ4v) is 3.37. The highest BCUT2D eigenvalue weighted by Gasteiger charge is 2.05. The van der Waals surface area contributed by atoms with Gasteiger partial charge in [-0.05, 0) is 71.8 Å². The highest BCUT2D eigenvalue weighted by atomic mass is 35.5. The third-order valence-corrected chi connectivity index (χ3v) is 5.18. The Labute approximate surface area is 192 Å². The number of anilines is 1. The molecule has 0 saturated heterocycles. The van der Waals surface area contributed by atoms with Crippen LogP contribution in [0.3, 0.4) is 0 Å². The normalized spacial score (nSPS) is 10.5. The van der Waals surface area contributed by atoms with E-state index in [2.05, 4.69) is 5.32 Å². The van der Waals surface area contributed by atoms with E-state index in [1.54, 1.807) is 0 Å². The van der Waals surface area contributed by atoms with Crippen molar-refractivity contribution in [2.24, 2.45) is 0 Å². The van der Waals surface area contributed by atoms with E-state index in [-0.39, 0.29) is 0 Å². The maximum atomic E-state index is 6.41. The molecule has 0 aromatic heterocycles. The van der Waals surface area contributed by atoms with Gasteiger partial charge >= 0.3 is 0 Å². The first kappa shape index (κ1) is 21.1. The van der Waals surface area contributed by atoms with Gasteiger partial charge in [-0.15, -0.1) is 0 Å². The van der Waals surface area contributed by atoms with Crippen molar-refractivity contribution in [3.8, 4) is 17.2 Å². The van der Waals surface area contributed by atoms with Crippen molar-refractivity contribution in [2.45, 2.75) is 13.2 Å². The van der Waals surface area contributed by atoms with Crippen molar-refractivity contribution < 1.29 is 9.47 Å². The van der Waals surface area contributed by atoms with Crippen molar-refractivity contribution in [3.63, 3.8) is 0 Å². The molecule has 0 aliphatic heterocycles. The number of benzene rings is 4. The minimum Gasteiger partial charge on any atom is -0.487 e. The molecule has 0 fully saturated rings. The molecule has 0 unspecified atom stereocenters. The molecule has 0 radical (unpaired) electrons. The lowest BCUT2D eigenvalue weighted by atomic mass is 10.2. The summed E-state index contributed by atoms with van der Waals surface area (Å²) in [6, 6.07) is 31.0. The standard InChI is InChI=1S/C26H21Cl2NO2/c27-21-9-6-19(7-10-21)18-30-26-15-8-20(16-25(26)28)17-29-22-11-13-24(14-12-22)31-23-4-2-1-3-5-23/h1-16,29H,17-18H2. The van der Waals surface area contributed by atoms with Crippen molar-refractivity contribution in [1.82, 2.24) is 0 Å². The lowest BCUT2D eigenvalue weighted by Gasteiger charge is -2.11. The van der Waals surface area contributed by atoms with Gasteiger partial charge in [0.2, 0.25) is 0 Å². The Morgan fingerprint density at radius 3 is 2.06 bits per heavy atom. The van der Waals surface area contributed by atoms with Crippen molar-refractivity contribution in [3.05, 3.63) is 118 Å². The smallest absolute Gasteiger partial charge is 0.138 e. The van der Waals surface area contributed by atoms with Gasteiger partial charge in [0, 0.05) is 17.3 Å². The third-order valence-electron chi connectivity index (χ3n) is 4.63. The number of hydrogen-bond acceptors (Lipinski definition) is 3. The molecule has 0 amide bonds. The SMILES string of the molecule is Clc1ccc(COc2ccc(CNc3ccc(Oc4ccccc4)cc3)cc2Cl)cc1. The minimum atomic E-state index is 0.436. The summed E-state index contributed by atoms with van der Waals surface area (Å²) in [5.74, 6) is 2.26. The quantitative estimate of drug-likeness (QED) is 0.295. The molecule has 0 aliphatic carbocycles.